The van der Waals surface area contributed by atoms with Crippen LogP contribution in [0, 0.1) is 0 Å². The highest BCUT2D eigenvalue weighted by Gasteiger charge is 2.32. The third-order valence-corrected chi connectivity index (χ3v) is 4.52. The molecule has 0 spiro atoms. The van der Waals surface area contributed by atoms with Crippen LogP contribution >= 0.6 is 0 Å². The number of benzene rings is 2. The van der Waals surface area contributed by atoms with E-state index in [1.54, 1.807) is 0 Å². The molecule has 0 radical (unpaired) electrons. The summed E-state index contributed by atoms with van der Waals surface area (Å²) in [6.45, 7) is 2.99. The molecule has 0 amide bonds. The first-order valence-electron chi connectivity index (χ1n) is 8.45. The zero-order chi connectivity index (χ0) is 16.7. The van der Waals surface area contributed by atoms with Gasteiger partial charge in [0.1, 0.15) is 0 Å². The maximum atomic E-state index is 11.2. The summed E-state index contributed by atoms with van der Waals surface area (Å²) in [5.41, 5.74) is 1.77. The van der Waals surface area contributed by atoms with Crippen molar-refractivity contribution in [3.05, 3.63) is 71.8 Å². The third kappa shape index (κ3) is 5.49. The molecule has 0 fully saturated rings. The Kier molecular flexibility index (Phi) is 6.37. The van der Waals surface area contributed by atoms with Crippen molar-refractivity contribution in [1.29, 1.82) is 0 Å². The number of aliphatic hydroxyl groups is 1. The minimum Gasteiger partial charge on any atom is -0.390 e. The molecule has 0 saturated heterocycles. The Hall–Kier alpha value is -1.64. The monoisotopic (exact) mass is 311 g/mol. The van der Waals surface area contributed by atoms with E-state index in [-0.39, 0.29) is 5.92 Å². The van der Waals surface area contributed by atoms with Crippen LogP contribution in [0.2, 0.25) is 0 Å². The summed E-state index contributed by atoms with van der Waals surface area (Å²) < 4.78 is 0. The molecule has 2 heteroatoms. The Morgan fingerprint density at radius 2 is 1.52 bits per heavy atom. The maximum Gasteiger partial charge on any atom is 0.0691 e. The zero-order valence-corrected chi connectivity index (χ0v) is 14.6. The highest BCUT2D eigenvalue weighted by Crippen LogP contribution is 2.35. The Labute approximate surface area is 140 Å². The van der Waals surface area contributed by atoms with E-state index in [2.05, 4.69) is 67.5 Å². The molecule has 0 heterocycles. The van der Waals surface area contributed by atoms with Gasteiger partial charge in [-0.3, -0.25) is 0 Å². The first-order valence-corrected chi connectivity index (χ1v) is 8.45. The zero-order valence-electron chi connectivity index (χ0n) is 14.6. The predicted molar refractivity (Wildman–Crippen MR) is 97.7 cm³/mol. The lowest BCUT2D eigenvalue weighted by molar-refractivity contribution is 0.0184. The molecular weight excluding hydrogens is 282 g/mol. The Morgan fingerprint density at radius 3 is 2.09 bits per heavy atom. The first kappa shape index (κ1) is 17.7. The SMILES string of the molecule is CN(C)CCC[C@@](C)(O)[C@H](Cc1ccccc1)c1ccccc1. The van der Waals surface area contributed by atoms with Crippen LogP contribution in [-0.2, 0) is 6.42 Å². The molecule has 124 valence electrons. The van der Waals surface area contributed by atoms with Gasteiger partial charge in [0.15, 0.2) is 0 Å². The van der Waals surface area contributed by atoms with Gasteiger partial charge in [0, 0.05) is 5.92 Å². The van der Waals surface area contributed by atoms with E-state index in [9.17, 15) is 5.11 Å². The summed E-state index contributed by atoms with van der Waals surface area (Å²) in [4.78, 5) is 2.17. The number of nitrogens with zero attached hydrogens (tertiary/aromatic N) is 1. The van der Waals surface area contributed by atoms with E-state index in [4.69, 9.17) is 0 Å². The summed E-state index contributed by atoms with van der Waals surface area (Å²) in [6, 6.07) is 20.9. The van der Waals surface area contributed by atoms with Crippen LogP contribution in [0.15, 0.2) is 60.7 Å². The highest BCUT2D eigenvalue weighted by atomic mass is 16.3. The van der Waals surface area contributed by atoms with Crippen LogP contribution < -0.4 is 0 Å². The molecule has 0 aliphatic heterocycles. The van der Waals surface area contributed by atoms with Crippen LogP contribution in [0.4, 0.5) is 0 Å². The Bertz CT molecular complexity index is 563. The third-order valence-electron chi connectivity index (χ3n) is 4.52. The molecule has 0 aromatic heterocycles. The van der Waals surface area contributed by atoms with Gasteiger partial charge in [-0.05, 0) is 58.0 Å². The van der Waals surface area contributed by atoms with Crippen LogP contribution in [0.3, 0.4) is 0 Å². The molecule has 0 bridgehead atoms. The molecule has 2 atom stereocenters. The molecule has 23 heavy (non-hydrogen) atoms. The second kappa shape index (κ2) is 8.28. The van der Waals surface area contributed by atoms with Crippen molar-refractivity contribution in [3.8, 4) is 0 Å². The Balaban J connectivity index is 2.18. The van der Waals surface area contributed by atoms with Gasteiger partial charge in [0.25, 0.3) is 0 Å². The van der Waals surface area contributed by atoms with Gasteiger partial charge in [-0.15, -0.1) is 0 Å². The average molecular weight is 311 g/mol. The largest absolute Gasteiger partial charge is 0.390 e. The van der Waals surface area contributed by atoms with Crippen molar-refractivity contribution in [1.82, 2.24) is 4.90 Å². The second-order valence-corrected chi connectivity index (χ2v) is 6.92. The van der Waals surface area contributed by atoms with Crippen LogP contribution in [-0.4, -0.2) is 36.2 Å². The van der Waals surface area contributed by atoms with Gasteiger partial charge in [-0.25, -0.2) is 0 Å². The first-order chi connectivity index (χ1) is 11.0. The molecule has 0 saturated carbocycles. The summed E-state index contributed by atoms with van der Waals surface area (Å²) >= 11 is 0. The van der Waals surface area contributed by atoms with Crippen molar-refractivity contribution in [2.24, 2.45) is 0 Å². The van der Waals surface area contributed by atoms with Crippen molar-refractivity contribution in [2.45, 2.75) is 37.7 Å². The van der Waals surface area contributed by atoms with Crippen molar-refractivity contribution in [2.75, 3.05) is 20.6 Å². The topological polar surface area (TPSA) is 23.5 Å². The van der Waals surface area contributed by atoms with E-state index >= 15 is 0 Å². The lowest BCUT2D eigenvalue weighted by Gasteiger charge is -2.34. The predicted octanol–water partition coefficient (Wildman–Crippen LogP) is 4.11. The molecule has 2 aromatic rings. The number of hydrogen-bond acceptors (Lipinski definition) is 2. The van der Waals surface area contributed by atoms with Gasteiger partial charge in [-0.1, -0.05) is 60.7 Å². The summed E-state index contributed by atoms with van der Waals surface area (Å²) in [5.74, 6) is 0.105. The van der Waals surface area contributed by atoms with Gasteiger partial charge >= 0.3 is 0 Å². The van der Waals surface area contributed by atoms with Gasteiger partial charge in [-0.2, -0.15) is 0 Å². The highest BCUT2D eigenvalue weighted by molar-refractivity contribution is 5.27. The van der Waals surface area contributed by atoms with Crippen LogP contribution in [0.5, 0.6) is 0 Å². The lowest BCUT2D eigenvalue weighted by atomic mass is 9.77. The van der Waals surface area contributed by atoms with E-state index in [0.29, 0.717) is 0 Å². The molecule has 2 aromatic carbocycles. The molecule has 0 aliphatic carbocycles. The normalized spacial score (nSPS) is 15.3. The minimum atomic E-state index is -0.715. The summed E-state index contributed by atoms with van der Waals surface area (Å²) in [5, 5.41) is 11.2. The van der Waals surface area contributed by atoms with Crippen molar-refractivity contribution >= 4 is 0 Å². The minimum absolute atomic E-state index is 0.105. The fourth-order valence-electron chi connectivity index (χ4n) is 3.16. The van der Waals surface area contributed by atoms with E-state index < -0.39 is 5.60 Å². The van der Waals surface area contributed by atoms with Crippen LogP contribution in [0.1, 0.15) is 36.8 Å². The average Bonchev–Trinajstić information content (AvgIpc) is 2.54. The number of rotatable bonds is 8. The molecule has 2 nitrogen and oxygen atoms in total. The van der Waals surface area contributed by atoms with Gasteiger partial charge in [0.2, 0.25) is 0 Å². The fraction of sp³-hybridized carbons (Fsp3) is 0.429. The summed E-state index contributed by atoms with van der Waals surface area (Å²) in [7, 11) is 4.15. The molecule has 0 unspecified atom stereocenters. The summed E-state index contributed by atoms with van der Waals surface area (Å²) in [6.07, 6.45) is 2.66. The molecular formula is C21H29NO. The van der Waals surface area contributed by atoms with Gasteiger partial charge < -0.3 is 10.0 Å². The molecule has 2 rings (SSSR count). The number of hydrogen-bond donors (Lipinski definition) is 1. The van der Waals surface area contributed by atoms with E-state index in [0.717, 1.165) is 25.8 Å². The second-order valence-electron chi connectivity index (χ2n) is 6.92. The van der Waals surface area contributed by atoms with Gasteiger partial charge in [0.05, 0.1) is 5.60 Å². The maximum absolute atomic E-state index is 11.2. The van der Waals surface area contributed by atoms with Crippen LogP contribution in [0.25, 0.3) is 0 Å². The standard InChI is InChI=1S/C21H29NO/c1-21(23,15-10-16-22(2)3)20(19-13-8-5-9-14-19)17-18-11-6-4-7-12-18/h4-9,11-14,20,23H,10,15-17H2,1-3H3/t20-,21-/m1/s1. The fourth-order valence-corrected chi connectivity index (χ4v) is 3.16. The van der Waals surface area contributed by atoms with E-state index in [1.165, 1.54) is 11.1 Å². The molecule has 1 N–H and O–H groups in total. The Morgan fingerprint density at radius 1 is 0.957 bits per heavy atom. The van der Waals surface area contributed by atoms with Crippen molar-refractivity contribution in [3.63, 3.8) is 0 Å². The molecule has 0 aliphatic rings. The quantitative estimate of drug-likeness (QED) is 0.793. The van der Waals surface area contributed by atoms with Crippen molar-refractivity contribution < 1.29 is 5.11 Å². The lowest BCUT2D eigenvalue weighted by Crippen LogP contribution is -2.35. The van der Waals surface area contributed by atoms with E-state index in [1.807, 2.05) is 19.1 Å². The smallest absolute Gasteiger partial charge is 0.0691 e.